The molecule has 0 N–H and O–H groups in total. The Hall–Kier alpha value is -0.400. The van der Waals surface area contributed by atoms with Crippen molar-refractivity contribution in [1.82, 2.24) is 9.59 Å². The van der Waals surface area contributed by atoms with Crippen molar-refractivity contribution < 1.29 is 4.74 Å². The molecular formula is C9H6ClIN2OS. The van der Waals surface area contributed by atoms with Gasteiger partial charge in [0.25, 0.3) is 0 Å². The highest BCUT2D eigenvalue weighted by Gasteiger charge is 2.05. The van der Waals surface area contributed by atoms with Crippen molar-refractivity contribution in [3.63, 3.8) is 0 Å². The minimum absolute atomic E-state index is 0.357. The van der Waals surface area contributed by atoms with Gasteiger partial charge in [-0.1, -0.05) is 16.1 Å². The normalized spacial score (nSPS) is 10.3. The van der Waals surface area contributed by atoms with E-state index in [0.29, 0.717) is 16.6 Å². The second kappa shape index (κ2) is 5.09. The fourth-order valence-electron chi connectivity index (χ4n) is 0.966. The molecule has 1 aromatic carbocycles. The van der Waals surface area contributed by atoms with Gasteiger partial charge in [0.05, 0.1) is 0 Å². The number of ether oxygens (including phenoxy) is 1. The lowest BCUT2D eigenvalue weighted by molar-refractivity contribution is 0.301. The molecule has 3 nitrogen and oxygen atoms in total. The van der Waals surface area contributed by atoms with Gasteiger partial charge in [0.1, 0.15) is 22.4 Å². The Morgan fingerprint density at radius 1 is 1.33 bits per heavy atom. The van der Waals surface area contributed by atoms with Crippen LogP contribution in [0.3, 0.4) is 0 Å². The first-order valence-corrected chi connectivity index (χ1v) is 6.34. The summed E-state index contributed by atoms with van der Waals surface area (Å²) in [7, 11) is 0. The Bertz CT molecular complexity index is 446. The first-order valence-electron chi connectivity index (χ1n) is 4.11. The van der Waals surface area contributed by atoms with Gasteiger partial charge in [0.15, 0.2) is 0 Å². The summed E-state index contributed by atoms with van der Waals surface area (Å²) >= 11 is 9.25. The molecule has 0 atom stereocenters. The molecular weight excluding hydrogens is 347 g/mol. The average molecular weight is 353 g/mol. The highest BCUT2D eigenvalue weighted by atomic mass is 127. The first-order chi connectivity index (χ1) is 7.25. The molecule has 0 saturated carbocycles. The summed E-state index contributed by atoms with van der Waals surface area (Å²) in [5, 5.41) is 3.86. The molecule has 0 aliphatic carbocycles. The van der Waals surface area contributed by atoms with Gasteiger partial charge in [-0.25, -0.2) is 0 Å². The molecule has 1 aromatic heterocycles. The molecule has 0 fully saturated rings. The fourth-order valence-corrected chi connectivity index (χ4v) is 1.93. The Balaban J connectivity index is 1.99. The predicted molar refractivity (Wildman–Crippen MR) is 68.4 cm³/mol. The lowest BCUT2D eigenvalue weighted by Crippen LogP contribution is -1.96. The van der Waals surface area contributed by atoms with E-state index in [1.807, 2.05) is 24.3 Å². The van der Waals surface area contributed by atoms with Gasteiger partial charge < -0.3 is 4.74 Å². The smallest absolute Gasteiger partial charge is 0.141 e. The Morgan fingerprint density at radius 3 is 2.67 bits per heavy atom. The maximum atomic E-state index is 5.84. The molecule has 0 amide bonds. The maximum Gasteiger partial charge on any atom is 0.141 e. The number of benzene rings is 1. The van der Waals surface area contributed by atoms with Crippen molar-refractivity contribution in [3.05, 3.63) is 37.9 Å². The second-order valence-corrected chi connectivity index (χ2v) is 5.34. The van der Waals surface area contributed by atoms with E-state index in [2.05, 4.69) is 32.2 Å². The van der Waals surface area contributed by atoms with Crippen LogP contribution in [0.2, 0.25) is 4.34 Å². The van der Waals surface area contributed by atoms with Crippen molar-refractivity contribution in [2.24, 2.45) is 0 Å². The van der Waals surface area contributed by atoms with Gasteiger partial charge in [0, 0.05) is 15.1 Å². The number of hydrogen-bond donors (Lipinski definition) is 0. The SMILES string of the molecule is Clc1snnc1COc1ccc(I)cc1. The summed E-state index contributed by atoms with van der Waals surface area (Å²) < 4.78 is 11.0. The largest absolute Gasteiger partial charge is 0.487 e. The molecule has 2 rings (SSSR count). The molecule has 0 aliphatic rings. The van der Waals surface area contributed by atoms with E-state index in [4.69, 9.17) is 16.3 Å². The number of nitrogens with zero attached hydrogens (tertiary/aromatic N) is 2. The van der Waals surface area contributed by atoms with E-state index in [1.54, 1.807) is 0 Å². The molecule has 78 valence electrons. The molecule has 0 unspecified atom stereocenters. The topological polar surface area (TPSA) is 35.0 Å². The molecule has 0 bridgehead atoms. The summed E-state index contributed by atoms with van der Waals surface area (Å²) in [6.45, 7) is 0.357. The predicted octanol–water partition coefficient (Wildman–Crippen LogP) is 3.38. The summed E-state index contributed by atoms with van der Waals surface area (Å²) in [4.78, 5) is 0. The van der Waals surface area contributed by atoms with E-state index >= 15 is 0 Å². The van der Waals surface area contributed by atoms with Crippen LogP contribution < -0.4 is 4.74 Å². The summed E-state index contributed by atoms with van der Waals surface area (Å²) in [5.74, 6) is 0.805. The lowest BCUT2D eigenvalue weighted by Gasteiger charge is -2.03. The Kier molecular flexibility index (Phi) is 3.76. The molecule has 0 aliphatic heterocycles. The minimum Gasteiger partial charge on any atom is -0.487 e. The van der Waals surface area contributed by atoms with Gasteiger partial charge in [0.2, 0.25) is 0 Å². The van der Waals surface area contributed by atoms with Crippen LogP contribution in [-0.4, -0.2) is 9.59 Å². The van der Waals surface area contributed by atoms with Crippen LogP contribution in [0.25, 0.3) is 0 Å². The van der Waals surface area contributed by atoms with Crippen LogP contribution in [0, 0.1) is 3.57 Å². The number of aromatic nitrogens is 2. The molecule has 0 spiro atoms. The zero-order valence-corrected chi connectivity index (χ0v) is 11.2. The van der Waals surface area contributed by atoms with Crippen LogP contribution in [0.1, 0.15) is 5.69 Å². The number of halogens is 2. The summed E-state index contributed by atoms with van der Waals surface area (Å²) in [6, 6.07) is 7.79. The molecule has 15 heavy (non-hydrogen) atoms. The molecule has 2 aromatic rings. The molecule has 1 heterocycles. The van der Waals surface area contributed by atoms with Crippen LogP contribution in [0.15, 0.2) is 24.3 Å². The second-order valence-electron chi connectivity index (χ2n) is 2.74. The monoisotopic (exact) mass is 352 g/mol. The van der Waals surface area contributed by atoms with Crippen molar-refractivity contribution in [2.75, 3.05) is 0 Å². The van der Waals surface area contributed by atoms with Gasteiger partial charge in [-0.15, -0.1) is 5.10 Å². The third-order valence-corrected chi connectivity index (χ3v) is 3.40. The third kappa shape index (κ3) is 3.02. The van der Waals surface area contributed by atoms with Crippen molar-refractivity contribution in [2.45, 2.75) is 6.61 Å². The Labute approximate surface area is 110 Å². The quantitative estimate of drug-likeness (QED) is 0.795. The van der Waals surface area contributed by atoms with Crippen LogP contribution >= 0.6 is 45.7 Å². The van der Waals surface area contributed by atoms with Crippen LogP contribution in [0.5, 0.6) is 5.75 Å². The van der Waals surface area contributed by atoms with E-state index in [9.17, 15) is 0 Å². The fraction of sp³-hybridized carbons (Fsp3) is 0.111. The summed E-state index contributed by atoms with van der Waals surface area (Å²) in [5.41, 5.74) is 0.681. The summed E-state index contributed by atoms with van der Waals surface area (Å²) in [6.07, 6.45) is 0. The zero-order chi connectivity index (χ0) is 10.7. The highest BCUT2D eigenvalue weighted by Crippen LogP contribution is 2.20. The first kappa shape index (κ1) is 11.1. The highest BCUT2D eigenvalue weighted by molar-refractivity contribution is 14.1. The standard InChI is InChI=1S/C9H6ClIN2OS/c10-9-8(12-13-15-9)5-14-7-3-1-6(11)2-4-7/h1-4H,5H2. The van der Waals surface area contributed by atoms with Gasteiger partial charge >= 0.3 is 0 Å². The van der Waals surface area contributed by atoms with Crippen molar-refractivity contribution >= 4 is 45.7 Å². The zero-order valence-electron chi connectivity index (χ0n) is 7.48. The average Bonchev–Trinajstić information content (AvgIpc) is 2.63. The van der Waals surface area contributed by atoms with Crippen LogP contribution in [0.4, 0.5) is 0 Å². The van der Waals surface area contributed by atoms with Crippen LogP contribution in [-0.2, 0) is 6.61 Å². The van der Waals surface area contributed by atoms with E-state index in [-0.39, 0.29) is 0 Å². The Morgan fingerprint density at radius 2 is 2.07 bits per heavy atom. The lowest BCUT2D eigenvalue weighted by atomic mass is 10.3. The third-order valence-electron chi connectivity index (χ3n) is 1.70. The van der Waals surface area contributed by atoms with E-state index in [0.717, 1.165) is 5.75 Å². The molecule has 0 saturated heterocycles. The maximum absolute atomic E-state index is 5.84. The van der Waals surface area contributed by atoms with Gasteiger partial charge in [-0.05, 0) is 46.9 Å². The van der Waals surface area contributed by atoms with Gasteiger partial charge in [-0.2, -0.15) is 0 Å². The van der Waals surface area contributed by atoms with E-state index < -0.39 is 0 Å². The molecule has 6 heteroatoms. The van der Waals surface area contributed by atoms with Gasteiger partial charge in [-0.3, -0.25) is 0 Å². The molecule has 0 radical (unpaired) electrons. The van der Waals surface area contributed by atoms with Crippen molar-refractivity contribution in [1.29, 1.82) is 0 Å². The minimum atomic E-state index is 0.357. The number of rotatable bonds is 3. The number of hydrogen-bond acceptors (Lipinski definition) is 4. The van der Waals surface area contributed by atoms with E-state index in [1.165, 1.54) is 15.1 Å². The van der Waals surface area contributed by atoms with Crippen molar-refractivity contribution in [3.8, 4) is 5.75 Å².